The van der Waals surface area contributed by atoms with Gasteiger partial charge in [0.25, 0.3) is 0 Å². The number of hydrogen-bond acceptors (Lipinski definition) is 3. The molecule has 2 aromatic carbocycles. The van der Waals surface area contributed by atoms with Gasteiger partial charge in [0.15, 0.2) is 0 Å². The molecule has 0 aromatic heterocycles. The maximum Gasteiger partial charge on any atom is 0.317 e. The average molecular weight is 377 g/mol. The van der Waals surface area contributed by atoms with Gasteiger partial charge in [-0.05, 0) is 36.3 Å². The molecule has 1 saturated heterocycles. The summed E-state index contributed by atoms with van der Waals surface area (Å²) in [6.45, 7) is 3.99. The van der Waals surface area contributed by atoms with Gasteiger partial charge in [0.1, 0.15) is 5.84 Å². The number of hydrogen-bond donors (Lipinski definition) is 2. The Labute approximate surface area is 166 Å². The van der Waals surface area contributed by atoms with Crippen LogP contribution in [0.1, 0.15) is 29.5 Å². The van der Waals surface area contributed by atoms with Crippen molar-refractivity contribution in [2.45, 2.75) is 25.8 Å². The van der Waals surface area contributed by atoms with E-state index in [1.165, 1.54) is 5.56 Å². The highest BCUT2D eigenvalue weighted by Gasteiger charge is 2.22. The van der Waals surface area contributed by atoms with Crippen molar-refractivity contribution < 1.29 is 4.79 Å². The van der Waals surface area contributed by atoms with Crippen molar-refractivity contribution in [1.82, 2.24) is 15.5 Å². The van der Waals surface area contributed by atoms with E-state index in [0.717, 1.165) is 62.4 Å². The van der Waals surface area contributed by atoms with E-state index in [9.17, 15) is 4.79 Å². The fourth-order valence-electron chi connectivity index (χ4n) is 3.95. The van der Waals surface area contributed by atoms with E-state index in [0.29, 0.717) is 12.5 Å². The van der Waals surface area contributed by atoms with Gasteiger partial charge in [-0.2, -0.15) is 0 Å². The maximum absolute atomic E-state index is 12.5. The maximum atomic E-state index is 12.5. The molecule has 2 aliphatic heterocycles. The molecule has 4 rings (SSSR count). The molecule has 0 aliphatic carbocycles. The van der Waals surface area contributed by atoms with E-state index < -0.39 is 0 Å². The van der Waals surface area contributed by atoms with Gasteiger partial charge in [-0.15, -0.1) is 0 Å². The summed E-state index contributed by atoms with van der Waals surface area (Å²) in [5, 5.41) is 6.34. The second-order valence-corrected chi connectivity index (χ2v) is 7.63. The lowest BCUT2D eigenvalue weighted by Crippen LogP contribution is -2.44. The lowest BCUT2D eigenvalue weighted by Gasteiger charge is -2.32. The number of carbonyl (C=O) groups excluding carboxylic acids is 1. The number of piperidine rings is 1. The third-order valence-electron chi connectivity index (χ3n) is 5.61. The molecule has 0 unspecified atom stereocenters. The molecular formula is C23H28N4O. The van der Waals surface area contributed by atoms with Crippen LogP contribution in [0.5, 0.6) is 0 Å². The van der Waals surface area contributed by atoms with Crippen molar-refractivity contribution in [3.05, 3.63) is 71.3 Å². The van der Waals surface area contributed by atoms with Crippen molar-refractivity contribution in [1.29, 1.82) is 0 Å². The molecule has 0 radical (unpaired) electrons. The van der Waals surface area contributed by atoms with Crippen LogP contribution >= 0.6 is 0 Å². The molecule has 2 aliphatic rings. The van der Waals surface area contributed by atoms with Gasteiger partial charge in [-0.3, -0.25) is 4.99 Å². The van der Waals surface area contributed by atoms with Gasteiger partial charge in [-0.25, -0.2) is 4.79 Å². The number of carbonyl (C=O) groups is 1. The number of aliphatic imine (C=N–C) groups is 1. The highest BCUT2D eigenvalue weighted by molar-refractivity contribution is 5.99. The predicted octanol–water partition coefficient (Wildman–Crippen LogP) is 3.20. The highest BCUT2D eigenvalue weighted by atomic mass is 16.2. The quantitative estimate of drug-likeness (QED) is 0.842. The number of benzene rings is 2. The van der Waals surface area contributed by atoms with E-state index in [1.807, 2.05) is 4.90 Å². The highest BCUT2D eigenvalue weighted by Crippen LogP contribution is 2.21. The molecule has 2 heterocycles. The van der Waals surface area contributed by atoms with E-state index in [-0.39, 0.29) is 6.03 Å². The minimum absolute atomic E-state index is 0.0454. The minimum Gasteiger partial charge on any atom is -0.368 e. The molecule has 5 nitrogen and oxygen atoms in total. The van der Waals surface area contributed by atoms with Crippen LogP contribution < -0.4 is 10.6 Å². The smallest absolute Gasteiger partial charge is 0.317 e. The minimum atomic E-state index is 0.0454. The first-order chi connectivity index (χ1) is 13.8. The Balaban J connectivity index is 1.21. The SMILES string of the molecule is O=C(NCc1ccc(C2=NCCN2)cc1)N1CCC(Cc2ccccc2)CC1. The van der Waals surface area contributed by atoms with Crippen LogP contribution in [-0.4, -0.2) is 42.9 Å². The van der Waals surface area contributed by atoms with Crippen LogP contribution in [0.2, 0.25) is 0 Å². The molecule has 0 atom stereocenters. The lowest BCUT2D eigenvalue weighted by atomic mass is 9.90. The topological polar surface area (TPSA) is 56.7 Å². The summed E-state index contributed by atoms with van der Waals surface area (Å²) >= 11 is 0. The molecular weight excluding hydrogens is 348 g/mol. The number of amides is 2. The predicted molar refractivity (Wildman–Crippen MR) is 113 cm³/mol. The summed E-state index contributed by atoms with van der Waals surface area (Å²) in [5.74, 6) is 1.64. The zero-order chi connectivity index (χ0) is 19.2. The van der Waals surface area contributed by atoms with Gasteiger partial charge >= 0.3 is 6.03 Å². The third-order valence-corrected chi connectivity index (χ3v) is 5.61. The number of nitrogens with zero attached hydrogens (tertiary/aromatic N) is 2. The number of urea groups is 1. The Morgan fingerprint density at radius 1 is 1.04 bits per heavy atom. The largest absolute Gasteiger partial charge is 0.368 e. The zero-order valence-corrected chi connectivity index (χ0v) is 16.2. The van der Waals surface area contributed by atoms with Crippen molar-refractivity contribution in [2.75, 3.05) is 26.2 Å². The number of amidine groups is 1. The number of rotatable bonds is 5. The molecule has 0 spiro atoms. The number of nitrogens with one attached hydrogen (secondary N) is 2. The Morgan fingerprint density at radius 2 is 1.79 bits per heavy atom. The summed E-state index contributed by atoms with van der Waals surface area (Å²) in [4.78, 5) is 18.9. The molecule has 0 saturated carbocycles. The van der Waals surface area contributed by atoms with Crippen molar-refractivity contribution >= 4 is 11.9 Å². The summed E-state index contributed by atoms with van der Waals surface area (Å²) < 4.78 is 0. The Kier molecular flexibility index (Phi) is 5.90. The monoisotopic (exact) mass is 376 g/mol. The first-order valence-corrected chi connectivity index (χ1v) is 10.2. The fourth-order valence-corrected chi connectivity index (χ4v) is 3.95. The van der Waals surface area contributed by atoms with Crippen LogP contribution in [-0.2, 0) is 13.0 Å². The number of likely N-dealkylation sites (tertiary alicyclic amines) is 1. The standard InChI is InChI=1S/C23H28N4O/c28-23(26-17-20-6-8-21(9-7-20)22-24-12-13-25-22)27-14-10-19(11-15-27)16-18-4-2-1-3-5-18/h1-9,19H,10-17H2,(H,24,25)(H,26,28). The van der Waals surface area contributed by atoms with E-state index in [1.54, 1.807) is 0 Å². The molecule has 146 valence electrons. The van der Waals surface area contributed by atoms with Gasteiger partial charge in [0, 0.05) is 31.7 Å². The van der Waals surface area contributed by atoms with E-state index >= 15 is 0 Å². The van der Waals surface area contributed by atoms with Gasteiger partial charge < -0.3 is 15.5 Å². The molecule has 2 aromatic rings. The van der Waals surface area contributed by atoms with E-state index in [2.05, 4.69) is 70.2 Å². The fraction of sp³-hybridized carbons (Fsp3) is 0.391. The first kappa shape index (κ1) is 18.5. The lowest BCUT2D eigenvalue weighted by molar-refractivity contribution is 0.170. The Morgan fingerprint density at radius 3 is 2.46 bits per heavy atom. The van der Waals surface area contributed by atoms with Crippen LogP contribution in [0.4, 0.5) is 4.79 Å². The van der Waals surface area contributed by atoms with Crippen molar-refractivity contribution in [3.8, 4) is 0 Å². The average Bonchev–Trinajstić information content (AvgIpc) is 3.29. The summed E-state index contributed by atoms with van der Waals surface area (Å²) in [6.07, 6.45) is 3.26. The van der Waals surface area contributed by atoms with Gasteiger partial charge in [-0.1, -0.05) is 54.6 Å². The molecule has 5 heteroatoms. The van der Waals surface area contributed by atoms with E-state index in [4.69, 9.17) is 0 Å². The molecule has 2 N–H and O–H groups in total. The summed E-state index contributed by atoms with van der Waals surface area (Å²) in [5.41, 5.74) is 3.61. The Hall–Kier alpha value is -2.82. The van der Waals surface area contributed by atoms with Crippen LogP contribution in [0.3, 0.4) is 0 Å². The first-order valence-electron chi connectivity index (χ1n) is 10.2. The molecule has 1 fully saturated rings. The van der Waals surface area contributed by atoms with Crippen LogP contribution in [0.15, 0.2) is 59.6 Å². The Bertz CT molecular complexity index is 808. The zero-order valence-electron chi connectivity index (χ0n) is 16.2. The third kappa shape index (κ3) is 4.71. The van der Waals surface area contributed by atoms with Crippen LogP contribution in [0.25, 0.3) is 0 Å². The second kappa shape index (κ2) is 8.91. The molecule has 0 bridgehead atoms. The van der Waals surface area contributed by atoms with Gasteiger partial charge in [0.2, 0.25) is 0 Å². The summed E-state index contributed by atoms with van der Waals surface area (Å²) in [6, 6.07) is 18.9. The summed E-state index contributed by atoms with van der Waals surface area (Å²) in [7, 11) is 0. The molecule has 2 amide bonds. The van der Waals surface area contributed by atoms with Gasteiger partial charge in [0.05, 0.1) is 6.54 Å². The second-order valence-electron chi connectivity index (χ2n) is 7.63. The normalized spacial score (nSPS) is 17.1. The van der Waals surface area contributed by atoms with Crippen molar-refractivity contribution in [2.24, 2.45) is 10.9 Å². The molecule has 28 heavy (non-hydrogen) atoms. The van der Waals surface area contributed by atoms with Crippen LogP contribution in [0, 0.1) is 5.92 Å². The van der Waals surface area contributed by atoms with Crippen molar-refractivity contribution in [3.63, 3.8) is 0 Å².